The SMILES string of the molecule is CNC(c1ccc(C)c(F)c1)c1ccncc1OC. The highest BCUT2D eigenvalue weighted by atomic mass is 19.1. The summed E-state index contributed by atoms with van der Waals surface area (Å²) in [5.74, 6) is 0.480. The summed E-state index contributed by atoms with van der Waals surface area (Å²) in [5.41, 5.74) is 2.43. The minimum Gasteiger partial charge on any atom is -0.495 e. The Kier molecular flexibility index (Phi) is 4.12. The highest BCUT2D eigenvalue weighted by Gasteiger charge is 2.17. The van der Waals surface area contributed by atoms with Gasteiger partial charge in [0.1, 0.15) is 11.6 Å². The molecule has 0 bridgehead atoms. The van der Waals surface area contributed by atoms with Gasteiger partial charge in [0.05, 0.1) is 19.3 Å². The molecule has 1 heterocycles. The van der Waals surface area contributed by atoms with Gasteiger partial charge in [-0.3, -0.25) is 4.98 Å². The van der Waals surface area contributed by atoms with Gasteiger partial charge in [-0.25, -0.2) is 4.39 Å². The highest BCUT2D eigenvalue weighted by Crippen LogP contribution is 2.29. The van der Waals surface area contributed by atoms with Crippen LogP contribution in [0.25, 0.3) is 0 Å². The molecule has 2 aromatic rings. The predicted octanol–water partition coefficient (Wildman–Crippen LogP) is 2.85. The average Bonchev–Trinajstić information content (AvgIpc) is 2.44. The van der Waals surface area contributed by atoms with Gasteiger partial charge in [-0.15, -0.1) is 0 Å². The Balaban J connectivity index is 2.46. The zero-order chi connectivity index (χ0) is 13.8. The Bertz CT molecular complexity index is 572. The van der Waals surface area contributed by atoms with Crippen LogP contribution in [-0.4, -0.2) is 19.1 Å². The van der Waals surface area contributed by atoms with Gasteiger partial charge >= 0.3 is 0 Å². The van der Waals surface area contributed by atoms with Gasteiger partial charge in [0, 0.05) is 11.8 Å². The molecule has 1 N–H and O–H groups in total. The molecule has 0 aliphatic rings. The van der Waals surface area contributed by atoms with Crippen LogP contribution >= 0.6 is 0 Å². The molecule has 4 heteroatoms. The summed E-state index contributed by atoms with van der Waals surface area (Å²) >= 11 is 0. The molecule has 0 saturated carbocycles. The van der Waals surface area contributed by atoms with E-state index < -0.39 is 0 Å². The van der Waals surface area contributed by atoms with Crippen LogP contribution in [0.4, 0.5) is 4.39 Å². The van der Waals surface area contributed by atoms with Crippen molar-refractivity contribution in [1.82, 2.24) is 10.3 Å². The van der Waals surface area contributed by atoms with Crippen LogP contribution in [-0.2, 0) is 0 Å². The molecule has 19 heavy (non-hydrogen) atoms. The van der Waals surface area contributed by atoms with E-state index in [0.717, 1.165) is 11.1 Å². The van der Waals surface area contributed by atoms with Crippen LogP contribution in [0.1, 0.15) is 22.7 Å². The lowest BCUT2D eigenvalue weighted by molar-refractivity contribution is 0.403. The maximum Gasteiger partial charge on any atom is 0.142 e. The van der Waals surface area contributed by atoms with Crippen molar-refractivity contribution < 1.29 is 9.13 Å². The van der Waals surface area contributed by atoms with Gasteiger partial charge in [0.2, 0.25) is 0 Å². The second-order valence-corrected chi connectivity index (χ2v) is 4.35. The van der Waals surface area contributed by atoms with E-state index in [0.29, 0.717) is 11.3 Å². The van der Waals surface area contributed by atoms with Crippen LogP contribution in [0, 0.1) is 12.7 Å². The number of benzene rings is 1. The summed E-state index contributed by atoms with van der Waals surface area (Å²) in [4.78, 5) is 4.03. The van der Waals surface area contributed by atoms with Gasteiger partial charge in [-0.2, -0.15) is 0 Å². The van der Waals surface area contributed by atoms with Crippen LogP contribution in [0.15, 0.2) is 36.7 Å². The summed E-state index contributed by atoms with van der Waals surface area (Å²) in [5, 5.41) is 3.18. The zero-order valence-electron chi connectivity index (χ0n) is 11.3. The van der Waals surface area contributed by atoms with Crippen molar-refractivity contribution in [3.63, 3.8) is 0 Å². The predicted molar refractivity (Wildman–Crippen MR) is 72.8 cm³/mol. The normalized spacial score (nSPS) is 12.2. The number of aromatic nitrogens is 1. The molecule has 0 radical (unpaired) electrons. The maximum absolute atomic E-state index is 13.7. The molecule has 2 rings (SSSR count). The van der Waals surface area contributed by atoms with Crippen molar-refractivity contribution >= 4 is 0 Å². The van der Waals surface area contributed by atoms with Crippen molar-refractivity contribution in [2.24, 2.45) is 0 Å². The Morgan fingerprint density at radius 1 is 1.32 bits per heavy atom. The molecule has 0 aliphatic carbocycles. The monoisotopic (exact) mass is 260 g/mol. The summed E-state index contributed by atoms with van der Waals surface area (Å²) in [6.45, 7) is 1.75. The van der Waals surface area contributed by atoms with Crippen molar-refractivity contribution in [3.8, 4) is 5.75 Å². The van der Waals surface area contributed by atoms with Crippen LogP contribution in [0.2, 0.25) is 0 Å². The number of methoxy groups -OCH3 is 1. The highest BCUT2D eigenvalue weighted by molar-refractivity contribution is 5.40. The first-order chi connectivity index (χ1) is 9.17. The van der Waals surface area contributed by atoms with Crippen molar-refractivity contribution in [2.75, 3.05) is 14.2 Å². The Hall–Kier alpha value is -1.94. The van der Waals surface area contributed by atoms with E-state index in [-0.39, 0.29) is 11.9 Å². The van der Waals surface area contributed by atoms with Gasteiger partial charge < -0.3 is 10.1 Å². The third-order valence-corrected chi connectivity index (χ3v) is 3.17. The van der Waals surface area contributed by atoms with Crippen LogP contribution < -0.4 is 10.1 Å². The third kappa shape index (κ3) is 2.74. The smallest absolute Gasteiger partial charge is 0.142 e. The first-order valence-electron chi connectivity index (χ1n) is 6.08. The minimum atomic E-state index is -0.203. The first kappa shape index (κ1) is 13.5. The van der Waals surface area contributed by atoms with E-state index in [1.807, 2.05) is 19.2 Å². The first-order valence-corrected chi connectivity index (χ1v) is 6.08. The minimum absolute atomic E-state index is 0.131. The number of ether oxygens (including phenoxy) is 1. The lowest BCUT2D eigenvalue weighted by atomic mass is 9.98. The molecular weight excluding hydrogens is 243 g/mol. The van der Waals surface area contributed by atoms with E-state index in [1.165, 1.54) is 0 Å². The quantitative estimate of drug-likeness (QED) is 0.918. The van der Waals surface area contributed by atoms with Gasteiger partial charge in [-0.1, -0.05) is 12.1 Å². The largest absolute Gasteiger partial charge is 0.495 e. The molecule has 0 amide bonds. The van der Waals surface area contributed by atoms with Gasteiger partial charge in [-0.05, 0) is 37.2 Å². The fourth-order valence-corrected chi connectivity index (χ4v) is 2.09. The molecule has 1 aromatic heterocycles. The molecule has 1 atom stereocenters. The number of nitrogens with one attached hydrogen (secondary N) is 1. The van der Waals surface area contributed by atoms with Crippen LogP contribution in [0.3, 0.4) is 0 Å². The molecule has 0 fully saturated rings. The van der Waals surface area contributed by atoms with E-state index in [1.54, 1.807) is 38.6 Å². The zero-order valence-corrected chi connectivity index (χ0v) is 11.3. The van der Waals surface area contributed by atoms with Gasteiger partial charge in [0.25, 0.3) is 0 Å². The molecule has 100 valence electrons. The van der Waals surface area contributed by atoms with E-state index in [9.17, 15) is 4.39 Å². The maximum atomic E-state index is 13.7. The number of hydrogen-bond acceptors (Lipinski definition) is 3. The molecule has 1 unspecified atom stereocenters. The molecule has 0 aliphatic heterocycles. The summed E-state index contributed by atoms with van der Waals surface area (Å²) < 4.78 is 19.0. The van der Waals surface area contributed by atoms with Crippen molar-refractivity contribution in [1.29, 1.82) is 0 Å². The topological polar surface area (TPSA) is 34.2 Å². The number of halogens is 1. The molecule has 1 aromatic carbocycles. The standard InChI is InChI=1S/C15H17FN2O/c1-10-4-5-11(8-13(10)16)15(17-2)12-6-7-18-9-14(12)19-3/h4-9,15,17H,1-3H3. The number of pyridine rings is 1. The van der Waals surface area contributed by atoms with Crippen LogP contribution in [0.5, 0.6) is 5.75 Å². The lowest BCUT2D eigenvalue weighted by Crippen LogP contribution is -2.18. The summed E-state index contributed by atoms with van der Waals surface area (Å²) in [6, 6.07) is 6.99. The Labute approximate surface area is 112 Å². The van der Waals surface area contributed by atoms with E-state index in [4.69, 9.17) is 4.74 Å². The average molecular weight is 260 g/mol. The van der Waals surface area contributed by atoms with Gasteiger partial charge in [0.15, 0.2) is 0 Å². The second kappa shape index (κ2) is 5.80. The lowest BCUT2D eigenvalue weighted by Gasteiger charge is -2.19. The third-order valence-electron chi connectivity index (χ3n) is 3.17. The number of aryl methyl sites for hydroxylation is 1. The second-order valence-electron chi connectivity index (χ2n) is 4.35. The Morgan fingerprint density at radius 2 is 2.11 bits per heavy atom. The molecular formula is C15H17FN2O. The fourth-order valence-electron chi connectivity index (χ4n) is 2.09. The number of nitrogens with zero attached hydrogens (tertiary/aromatic N) is 1. The van der Waals surface area contributed by atoms with Crippen molar-refractivity contribution in [2.45, 2.75) is 13.0 Å². The fraction of sp³-hybridized carbons (Fsp3) is 0.267. The summed E-state index contributed by atoms with van der Waals surface area (Å²) in [6.07, 6.45) is 3.36. The number of rotatable bonds is 4. The van der Waals surface area contributed by atoms with Crippen molar-refractivity contribution in [3.05, 3.63) is 59.2 Å². The molecule has 0 spiro atoms. The molecule has 3 nitrogen and oxygen atoms in total. The van der Waals surface area contributed by atoms with E-state index in [2.05, 4.69) is 10.3 Å². The Morgan fingerprint density at radius 3 is 2.74 bits per heavy atom. The molecule has 0 saturated heterocycles. The van der Waals surface area contributed by atoms with E-state index >= 15 is 0 Å². The number of hydrogen-bond donors (Lipinski definition) is 1. The summed E-state index contributed by atoms with van der Waals surface area (Å²) in [7, 11) is 3.44.